The molecule has 0 spiro atoms. The fourth-order valence-corrected chi connectivity index (χ4v) is 2.55. The predicted molar refractivity (Wildman–Crippen MR) is 86.2 cm³/mol. The van der Waals surface area contributed by atoms with Crippen LogP contribution in [-0.4, -0.2) is 14.6 Å². The molecule has 0 saturated heterocycles. The van der Waals surface area contributed by atoms with Gasteiger partial charge in [0.1, 0.15) is 0 Å². The molecule has 6 heteroatoms. The molecule has 0 amide bonds. The Hall–Kier alpha value is -1.78. The van der Waals surface area contributed by atoms with Gasteiger partial charge in [-0.05, 0) is 31.5 Å². The van der Waals surface area contributed by atoms with E-state index >= 15 is 0 Å². The van der Waals surface area contributed by atoms with Gasteiger partial charge in [-0.3, -0.25) is 0 Å². The third-order valence-corrected chi connectivity index (χ3v) is 3.94. The summed E-state index contributed by atoms with van der Waals surface area (Å²) in [6, 6.07) is 5.63. The third kappa shape index (κ3) is 2.96. The maximum atomic E-state index is 6.21. The van der Waals surface area contributed by atoms with E-state index in [0.29, 0.717) is 16.6 Å². The SMILES string of the molecule is Cc1cc2ncc(CNc3cc(Cl)c(C)cc3Cl)cn2n1. The van der Waals surface area contributed by atoms with Gasteiger partial charge in [0, 0.05) is 35.6 Å². The van der Waals surface area contributed by atoms with Gasteiger partial charge >= 0.3 is 0 Å². The van der Waals surface area contributed by atoms with Gasteiger partial charge in [0.05, 0.1) is 16.4 Å². The van der Waals surface area contributed by atoms with E-state index in [4.69, 9.17) is 23.2 Å². The van der Waals surface area contributed by atoms with Crippen LogP contribution < -0.4 is 5.32 Å². The number of fused-ring (bicyclic) bond motifs is 1. The number of rotatable bonds is 3. The molecule has 0 saturated carbocycles. The highest BCUT2D eigenvalue weighted by Gasteiger charge is 2.06. The highest BCUT2D eigenvalue weighted by atomic mass is 35.5. The second-order valence-corrected chi connectivity index (χ2v) is 5.80. The van der Waals surface area contributed by atoms with Gasteiger partial charge in [0.2, 0.25) is 0 Å². The molecule has 1 aromatic carbocycles. The summed E-state index contributed by atoms with van der Waals surface area (Å²) >= 11 is 12.3. The van der Waals surface area contributed by atoms with E-state index in [9.17, 15) is 0 Å². The zero-order valence-corrected chi connectivity index (χ0v) is 13.2. The summed E-state index contributed by atoms with van der Waals surface area (Å²) in [6.07, 6.45) is 3.78. The molecule has 0 fully saturated rings. The van der Waals surface area contributed by atoms with Crippen LogP contribution in [0.4, 0.5) is 5.69 Å². The van der Waals surface area contributed by atoms with Gasteiger partial charge < -0.3 is 5.32 Å². The quantitative estimate of drug-likeness (QED) is 0.783. The second kappa shape index (κ2) is 5.54. The van der Waals surface area contributed by atoms with Crippen molar-refractivity contribution >= 4 is 34.5 Å². The molecule has 21 heavy (non-hydrogen) atoms. The lowest BCUT2D eigenvalue weighted by molar-refractivity contribution is 0.895. The Labute approximate surface area is 132 Å². The number of anilines is 1. The van der Waals surface area contributed by atoms with Crippen LogP contribution in [0.3, 0.4) is 0 Å². The Morgan fingerprint density at radius 1 is 1.14 bits per heavy atom. The summed E-state index contributed by atoms with van der Waals surface area (Å²) in [5.74, 6) is 0. The van der Waals surface area contributed by atoms with Crippen LogP contribution in [0.25, 0.3) is 5.65 Å². The number of aromatic nitrogens is 3. The molecule has 0 aliphatic heterocycles. The lowest BCUT2D eigenvalue weighted by Crippen LogP contribution is -2.03. The van der Waals surface area contributed by atoms with Crippen molar-refractivity contribution in [2.45, 2.75) is 20.4 Å². The number of nitrogens with one attached hydrogen (secondary N) is 1. The van der Waals surface area contributed by atoms with Crippen molar-refractivity contribution < 1.29 is 0 Å². The van der Waals surface area contributed by atoms with Gasteiger partial charge in [0.15, 0.2) is 5.65 Å². The van der Waals surface area contributed by atoms with Crippen molar-refractivity contribution in [3.63, 3.8) is 0 Å². The highest BCUT2D eigenvalue weighted by molar-refractivity contribution is 6.35. The number of hydrogen-bond acceptors (Lipinski definition) is 3. The molecule has 1 N–H and O–H groups in total. The molecule has 3 aromatic rings. The van der Waals surface area contributed by atoms with Crippen LogP contribution >= 0.6 is 23.2 Å². The Morgan fingerprint density at radius 2 is 1.95 bits per heavy atom. The zero-order valence-electron chi connectivity index (χ0n) is 11.7. The lowest BCUT2D eigenvalue weighted by atomic mass is 10.2. The molecule has 2 aromatic heterocycles. The summed E-state index contributed by atoms with van der Waals surface area (Å²) < 4.78 is 1.77. The zero-order chi connectivity index (χ0) is 15.0. The minimum atomic E-state index is 0.598. The van der Waals surface area contributed by atoms with E-state index in [-0.39, 0.29) is 0 Å². The van der Waals surface area contributed by atoms with Crippen molar-refractivity contribution in [2.24, 2.45) is 0 Å². The lowest BCUT2D eigenvalue weighted by Gasteiger charge is -2.10. The van der Waals surface area contributed by atoms with Crippen LogP contribution in [0.2, 0.25) is 10.0 Å². The minimum Gasteiger partial charge on any atom is -0.380 e. The summed E-state index contributed by atoms with van der Waals surface area (Å²) in [6.45, 7) is 4.47. The number of benzene rings is 1. The molecule has 0 aliphatic carbocycles. The third-order valence-electron chi connectivity index (χ3n) is 3.22. The highest BCUT2D eigenvalue weighted by Crippen LogP contribution is 2.29. The molecule has 2 heterocycles. The number of nitrogens with zero attached hydrogens (tertiary/aromatic N) is 3. The Morgan fingerprint density at radius 3 is 2.76 bits per heavy atom. The van der Waals surface area contributed by atoms with Crippen molar-refractivity contribution in [3.05, 3.63) is 57.5 Å². The molecule has 3 rings (SSSR count). The average molecular weight is 321 g/mol. The first-order valence-corrected chi connectivity index (χ1v) is 7.29. The van der Waals surface area contributed by atoms with Crippen LogP contribution in [0.1, 0.15) is 16.8 Å². The molecule has 0 radical (unpaired) electrons. The molecule has 0 unspecified atom stereocenters. The normalized spacial score (nSPS) is 11.0. The van der Waals surface area contributed by atoms with Crippen LogP contribution in [0, 0.1) is 13.8 Å². The Kier molecular flexibility index (Phi) is 3.74. The van der Waals surface area contributed by atoms with Crippen molar-refractivity contribution in [1.82, 2.24) is 14.6 Å². The fourth-order valence-electron chi connectivity index (χ4n) is 2.10. The van der Waals surface area contributed by atoms with Gasteiger partial charge in [-0.2, -0.15) is 5.10 Å². The van der Waals surface area contributed by atoms with E-state index in [0.717, 1.165) is 28.2 Å². The average Bonchev–Trinajstić information content (AvgIpc) is 2.80. The van der Waals surface area contributed by atoms with E-state index < -0.39 is 0 Å². The Bertz CT molecular complexity index is 811. The molecule has 0 bridgehead atoms. The molecule has 108 valence electrons. The van der Waals surface area contributed by atoms with Gasteiger partial charge in [0.25, 0.3) is 0 Å². The number of aryl methyl sites for hydroxylation is 2. The van der Waals surface area contributed by atoms with Gasteiger partial charge in [-0.1, -0.05) is 23.2 Å². The standard InChI is InChI=1S/C15H14Cl2N4/c1-9-3-13(17)14(5-12(9)16)18-6-11-7-19-15-4-10(2)20-21(15)8-11/h3-5,7-8,18H,6H2,1-2H3. The summed E-state index contributed by atoms with van der Waals surface area (Å²) in [4.78, 5) is 4.37. The maximum Gasteiger partial charge on any atom is 0.155 e. The first-order chi connectivity index (χ1) is 10.0. The van der Waals surface area contributed by atoms with E-state index in [1.165, 1.54) is 0 Å². The predicted octanol–water partition coefficient (Wildman–Crippen LogP) is 4.27. The molecular formula is C15H14Cl2N4. The van der Waals surface area contributed by atoms with Crippen molar-refractivity contribution in [1.29, 1.82) is 0 Å². The largest absolute Gasteiger partial charge is 0.380 e. The summed E-state index contributed by atoms with van der Waals surface area (Å²) in [5, 5.41) is 8.97. The summed E-state index contributed by atoms with van der Waals surface area (Å²) in [7, 11) is 0. The van der Waals surface area contributed by atoms with Gasteiger partial charge in [-0.25, -0.2) is 9.50 Å². The smallest absolute Gasteiger partial charge is 0.155 e. The number of hydrogen-bond donors (Lipinski definition) is 1. The van der Waals surface area contributed by atoms with Crippen LogP contribution in [0.5, 0.6) is 0 Å². The van der Waals surface area contributed by atoms with Crippen LogP contribution in [-0.2, 0) is 6.54 Å². The van der Waals surface area contributed by atoms with Crippen LogP contribution in [0.15, 0.2) is 30.6 Å². The van der Waals surface area contributed by atoms with E-state index in [1.54, 1.807) is 4.52 Å². The molecule has 0 aliphatic rings. The molecule has 0 atom stereocenters. The minimum absolute atomic E-state index is 0.598. The second-order valence-electron chi connectivity index (χ2n) is 4.99. The first-order valence-electron chi connectivity index (χ1n) is 6.53. The van der Waals surface area contributed by atoms with E-state index in [2.05, 4.69) is 15.4 Å². The molecular weight excluding hydrogens is 307 g/mol. The molecule has 4 nitrogen and oxygen atoms in total. The Balaban J connectivity index is 1.81. The fraction of sp³-hybridized carbons (Fsp3) is 0.200. The van der Waals surface area contributed by atoms with Crippen molar-refractivity contribution in [2.75, 3.05) is 5.32 Å². The topological polar surface area (TPSA) is 42.2 Å². The number of halogens is 2. The van der Waals surface area contributed by atoms with Gasteiger partial charge in [-0.15, -0.1) is 0 Å². The first kappa shape index (κ1) is 14.2. The summed E-state index contributed by atoms with van der Waals surface area (Å²) in [5.41, 5.74) is 4.57. The van der Waals surface area contributed by atoms with E-state index in [1.807, 2.05) is 44.4 Å². The maximum absolute atomic E-state index is 6.21. The van der Waals surface area contributed by atoms with Crippen molar-refractivity contribution in [3.8, 4) is 0 Å². The monoisotopic (exact) mass is 320 g/mol.